The van der Waals surface area contributed by atoms with Gasteiger partial charge in [-0.1, -0.05) is 0 Å². The molecule has 0 saturated carbocycles. The molecule has 3 aromatic rings. The van der Waals surface area contributed by atoms with E-state index in [1.165, 1.54) is 12.4 Å². The van der Waals surface area contributed by atoms with Gasteiger partial charge in [-0.15, -0.1) is 0 Å². The molecule has 0 atom stereocenters. The Bertz CT molecular complexity index is 885. The molecule has 1 aliphatic heterocycles. The summed E-state index contributed by atoms with van der Waals surface area (Å²) in [6.07, 6.45) is 11.1. The Hall–Kier alpha value is -2.80. The lowest BCUT2D eigenvalue weighted by Crippen LogP contribution is -2.48. The number of nitrogens with zero attached hydrogens (tertiary/aromatic N) is 5. The number of amides is 1. The lowest BCUT2D eigenvalue weighted by atomic mass is 9.91. The molecule has 0 spiro atoms. The molecule has 4 heterocycles. The maximum atomic E-state index is 12.4. The van der Waals surface area contributed by atoms with Gasteiger partial charge in [0.15, 0.2) is 0 Å². The van der Waals surface area contributed by atoms with Gasteiger partial charge in [0.2, 0.25) is 0 Å². The van der Waals surface area contributed by atoms with E-state index in [0.29, 0.717) is 38.2 Å². The van der Waals surface area contributed by atoms with Gasteiger partial charge in [-0.2, -0.15) is 0 Å². The summed E-state index contributed by atoms with van der Waals surface area (Å²) < 4.78 is 2.03. The maximum absolute atomic E-state index is 12.4. The summed E-state index contributed by atoms with van der Waals surface area (Å²) in [5, 5.41) is 12.1. The molecule has 7 heteroatoms. The first-order chi connectivity index (χ1) is 12.1. The monoisotopic (exact) mass is 337 g/mol. The fraction of sp³-hybridized carbons (Fsp3) is 0.333. The molecule has 1 amide bonds. The van der Waals surface area contributed by atoms with E-state index in [0.717, 1.165) is 10.9 Å². The number of aliphatic hydroxyl groups is 1. The van der Waals surface area contributed by atoms with Gasteiger partial charge in [0, 0.05) is 43.3 Å². The molecular weight excluding hydrogens is 318 g/mol. The van der Waals surface area contributed by atoms with Crippen LogP contribution in [-0.2, 0) is 6.54 Å². The Balaban J connectivity index is 1.44. The van der Waals surface area contributed by atoms with Crippen molar-refractivity contribution in [3.63, 3.8) is 0 Å². The number of pyridine rings is 1. The van der Waals surface area contributed by atoms with E-state index >= 15 is 0 Å². The average molecular weight is 337 g/mol. The minimum absolute atomic E-state index is 0.134. The molecule has 1 saturated heterocycles. The summed E-state index contributed by atoms with van der Waals surface area (Å²) in [6, 6.07) is 3.98. The van der Waals surface area contributed by atoms with Crippen LogP contribution in [0.3, 0.4) is 0 Å². The van der Waals surface area contributed by atoms with E-state index in [9.17, 15) is 9.90 Å². The zero-order valence-corrected chi connectivity index (χ0v) is 13.7. The molecule has 0 radical (unpaired) electrons. The van der Waals surface area contributed by atoms with Crippen molar-refractivity contribution in [2.75, 3.05) is 13.1 Å². The van der Waals surface area contributed by atoms with Gasteiger partial charge in [0.1, 0.15) is 5.69 Å². The van der Waals surface area contributed by atoms with Crippen molar-refractivity contribution in [3.8, 4) is 0 Å². The first-order valence-electron chi connectivity index (χ1n) is 8.31. The lowest BCUT2D eigenvalue weighted by molar-refractivity contribution is -0.0285. The zero-order valence-electron chi connectivity index (χ0n) is 13.7. The third kappa shape index (κ3) is 3.10. The van der Waals surface area contributed by atoms with Crippen molar-refractivity contribution in [3.05, 3.63) is 55.0 Å². The summed E-state index contributed by atoms with van der Waals surface area (Å²) in [4.78, 5) is 26.3. The van der Waals surface area contributed by atoms with Crippen LogP contribution < -0.4 is 0 Å². The van der Waals surface area contributed by atoms with Crippen molar-refractivity contribution in [2.24, 2.45) is 0 Å². The highest BCUT2D eigenvalue weighted by molar-refractivity contribution is 5.92. The van der Waals surface area contributed by atoms with Crippen molar-refractivity contribution in [1.29, 1.82) is 0 Å². The topological polar surface area (TPSA) is 84.1 Å². The van der Waals surface area contributed by atoms with Gasteiger partial charge >= 0.3 is 0 Å². The van der Waals surface area contributed by atoms with E-state index in [-0.39, 0.29) is 5.91 Å². The number of aromatic nitrogens is 4. The van der Waals surface area contributed by atoms with Gasteiger partial charge < -0.3 is 14.6 Å². The number of likely N-dealkylation sites (tertiary alicyclic amines) is 1. The van der Waals surface area contributed by atoms with Crippen molar-refractivity contribution >= 4 is 16.8 Å². The van der Waals surface area contributed by atoms with Crippen LogP contribution in [-0.4, -0.2) is 54.1 Å². The predicted molar refractivity (Wildman–Crippen MR) is 91.9 cm³/mol. The molecule has 4 rings (SSSR count). The normalized spacial score (nSPS) is 16.9. The molecule has 1 aliphatic rings. The summed E-state index contributed by atoms with van der Waals surface area (Å²) in [6.45, 7) is 1.50. The molecule has 0 bridgehead atoms. The summed E-state index contributed by atoms with van der Waals surface area (Å²) >= 11 is 0. The van der Waals surface area contributed by atoms with E-state index in [2.05, 4.69) is 15.0 Å². The second-order valence-corrected chi connectivity index (χ2v) is 6.49. The second kappa shape index (κ2) is 6.25. The molecule has 0 aromatic carbocycles. The third-order valence-electron chi connectivity index (χ3n) is 4.80. The van der Waals surface area contributed by atoms with Gasteiger partial charge in [0.25, 0.3) is 5.91 Å². The van der Waals surface area contributed by atoms with E-state index in [4.69, 9.17) is 0 Å². The molecule has 1 N–H and O–H groups in total. The van der Waals surface area contributed by atoms with Gasteiger partial charge in [-0.3, -0.25) is 14.8 Å². The summed E-state index contributed by atoms with van der Waals surface area (Å²) in [5.41, 5.74) is 0.519. The number of hydrogen-bond donors (Lipinski definition) is 1. The highest BCUT2D eigenvalue weighted by Gasteiger charge is 2.35. The molecular formula is C18H19N5O2. The highest BCUT2D eigenvalue weighted by atomic mass is 16.3. The highest BCUT2D eigenvalue weighted by Crippen LogP contribution is 2.27. The Morgan fingerprint density at radius 2 is 1.92 bits per heavy atom. The van der Waals surface area contributed by atoms with Crippen LogP contribution in [0.5, 0.6) is 0 Å². The molecule has 25 heavy (non-hydrogen) atoms. The Kier molecular flexibility index (Phi) is 3.93. The molecule has 1 fully saturated rings. The fourth-order valence-electron chi connectivity index (χ4n) is 3.34. The molecule has 3 aromatic heterocycles. The molecule has 0 unspecified atom stereocenters. The minimum Gasteiger partial charge on any atom is -0.388 e. The average Bonchev–Trinajstić information content (AvgIpc) is 3.05. The van der Waals surface area contributed by atoms with Gasteiger partial charge in [-0.05, 0) is 25.0 Å². The van der Waals surface area contributed by atoms with Gasteiger partial charge in [-0.25, -0.2) is 4.98 Å². The van der Waals surface area contributed by atoms with Crippen molar-refractivity contribution < 1.29 is 9.90 Å². The van der Waals surface area contributed by atoms with Crippen molar-refractivity contribution in [1.82, 2.24) is 24.4 Å². The van der Waals surface area contributed by atoms with Gasteiger partial charge in [0.05, 0.1) is 30.1 Å². The fourth-order valence-corrected chi connectivity index (χ4v) is 3.34. The number of carbonyl (C=O) groups excluding carboxylic acids is 1. The summed E-state index contributed by atoms with van der Waals surface area (Å²) in [7, 11) is 0. The van der Waals surface area contributed by atoms with Crippen molar-refractivity contribution in [2.45, 2.75) is 25.0 Å². The number of rotatable bonds is 3. The Morgan fingerprint density at radius 1 is 1.12 bits per heavy atom. The first-order valence-corrected chi connectivity index (χ1v) is 8.31. The third-order valence-corrected chi connectivity index (χ3v) is 4.80. The standard InChI is InChI=1S/C18H19N5O2/c24-17(15-11-20-6-7-21-15)22-9-3-18(25,4-10-22)13-23-8-2-14-1-5-19-12-16(14)23/h1-2,5-8,11-12,25H,3-4,9-10,13H2. The number of piperidine rings is 1. The maximum Gasteiger partial charge on any atom is 0.274 e. The second-order valence-electron chi connectivity index (χ2n) is 6.49. The van der Waals surface area contributed by atoms with Crippen LogP contribution in [0.15, 0.2) is 49.3 Å². The SMILES string of the molecule is O=C(c1cnccn1)N1CCC(O)(Cn2ccc3ccncc32)CC1. The van der Waals surface area contributed by atoms with E-state index < -0.39 is 5.60 Å². The number of fused-ring (bicyclic) bond motifs is 1. The van der Waals surface area contributed by atoms with Crippen LogP contribution >= 0.6 is 0 Å². The minimum atomic E-state index is -0.832. The summed E-state index contributed by atoms with van der Waals surface area (Å²) in [5.74, 6) is -0.134. The van der Waals surface area contributed by atoms with E-state index in [1.54, 1.807) is 17.3 Å². The lowest BCUT2D eigenvalue weighted by Gasteiger charge is -2.38. The molecule has 128 valence electrons. The first kappa shape index (κ1) is 15.7. The molecule has 0 aliphatic carbocycles. The Morgan fingerprint density at radius 3 is 2.68 bits per heavy atom. The smallest absolute Gasteiger partial charge is 0.274 e. The quantitative estimate of drug-likeness (QED) is 0.783. The number of hydrogen-bond acceptors (Lipinski definition) is 5. The van der Waals surface area contributed by atoms with E-state index in [1.807, 2.05) is 29.1 Å². The number of carbonyl (C=O) groups is 1. The van der Waals surface area contributed by atoms with Crippen LogP contribution in [0.25, 0.3) is 10.9 Å². The van der Waals surface area contributed by atoms with Crippen LogP contribution in [0.1, 0.15) is 23.3 Å². The van der Waals surface area contributed by atoms with Crippen LogP contribution in [0.4, 0.5) is 0 Å². The van der Waals surface area contributed by atoms with Crippen LogP contribution in [0, 0.1) is 0 Å². The van der Waals surface area contributed by atoms with Crippen LogP contribution in [0.2, 0.25) is 0 Å². The predicted octanol–water partition coefficient (Wildman–Crippen LogP) is 1.49. The largest absolute Gasteiger partial charge is 0.388 e. The molecule has 7 nitrogen and oxygen atoms in total. The Labute approximate surface area is 145 Å². The zero-order chi connectivity index (χ0) is 17.3.